The van der Waals surface area contributed by atoms with Gasteiger partial charge < -0.3 is 14.2 Å². The highest BCUT2D eigenvalue weighted by molar-refractivity contribution is 5.47. The normalized spacial score (nSPS) is 21.3. The summed E-state index contributed by atoms with van der Waals surface area (Å²) in [5.74, 6) is 1.74. The number of ether oxygens (including phenoxy) is 3. The third-order valence-corrected chi connectivity index (χ3v) is 4.12. The van der Waals surface area contributed by atoms with E-state index in [0.29, 0.717) is 13.2 Å². The smallest absolute Gasteiger partial charge is 0.165 e. The number of benzene rings is 1. The Hall–Kier alpha value is -2.12. The number of para-hydroxylation sites is 1. The van der Waals surface area contributed by atoms with Crippen molar-refractivity contribution in [1.29, 1.82) is 0 Å². The fourth-order valence-corrected chi connectivity index (χ4v) is 3.07. The Morgan fingerprint density at radius 3 is 3.04 bits per heavy atom. The van der Waals surface area contributed by atoms with Crippen LogP contribution in [-0.2, 0) is 17.8 Å². The van der Waals surface area contributed by atoms with Gasteiger partial charge in [0.25, 0.3) is 0 Å². The first-order chi connectivity index (χ1) is 11.4. The summed E-state index contributed by atoms with van der Waals surface area (Å²) in [5.41, 5.74) is 1.17. The van der Waals surface area contributed by atoms with Gasteiger partial charge in [0.2, 0.25) is 0 Å². The molecule has 0 aliphatic carbocycles. The molecule has 3 heterocycles. The maximum atomic E-state index is 5.85. The highest BCUT2D eigenvalue weighted by atomic mass is 16.6. The lowest BCUT2D eigenvalue weighted by molar-refractivity contribution is -0.0405. The molecule has 1 aromatic carbocycles. The molecule has 0 bridgehead atoms. The molecule has 4 rings (SSSR count). The van der Waals surface area contributed by atoms with E-state index in [0.717, 1.165) is 44.3 Å². The van der Waals surface area contributed by atoms with Crippen LogP contribution in [0.5, 0.6) is 11.5 Å². The third-order valence-electron chi connectivity index (χ3n) is 4.12. The SMILES string of the molecule is c1cc(CN2CCO[C@H](Cn3cncn3)C2)c2c(c1)OCCO2. The predicted molar refractivity (Wildman–Crippen MR) is 82.5 cm³/mol. The molecule has 2 aliphatic heterocycles. The molecular formula is C16H20N4O3. The molecular weight excluding hydrogens is 296 g/mol. The maximum absolute atomic E-state index is 5.85. The molecule has 0 amide bonds. The van der Waals surface area contributed by atoms with Crippen LogP contribution in [0, 0.1) is 0 Å². The van der Waals surface area contributed by atoms with Crippen molar-refractivity contribution in [2.75, 3.05) is 32.9 Å². The fraction of sp³-hybridized carbons (Fsp3) is 0.500. The molecule has 0 saturated carbocycles. The van der Waals surface area contributed by atoms with Crippen LogP contribution in [0.3, 0.4) is 0 Å². The molecule has 1 aromatic heterocycles. The van der Waals surface area contributed by atoms with Crippen LogP contribution in [0.15, 0.2) is 30.9 Å². The second-order valence-electron chi connectivity index (χ2n) is 5.79. The van der Waals surface area contributed by atoms with Gasteiger partial charge in [0.05, 0.1) is 19.3 Å². The Balaban J connectivity index is 1.42. The Bertz CT molecular complexity index is 647. The molecule has 0 unspecified atom stereocenters. The monoisotopic (exact) mass is 316 g/mol. The van der Waals surface area contributed by atoms with Crippen LogP contribution in [0.25, 0.3) is 0 Å². The molecule has 1 saturated heterocycles. The van der Waals surface area contributed by atoms with E-state index in [1.165, 1.54) is 5.56 Å². The van der Waals surface area contributed by atoms with Crippen LogP contribution >= 0.6 is 0 Å². The Kier molecular flexibility index (Phi) is 4.12. The topological polar surface area (TPSA) is 61.6 Å². The van der Waals surface area contributed by atoms with Crippen molar-refractivity contribution in [2.45, 2.75) is 19.2 Å². The Labute approximate surface area is 134 Å². The van der Waals surface area contributed by atoms with E-state index in [1.54, 1.807) is 12.7 Å². The van der Waals surface area contributed by atoms with Crippen LogP contribution in [0.2, 0.25) is 0 Å². The van der Waals surface area contributed by atoms with E-state index >= 15 is 0 Å². The standard InChI is InChI=1S/C16H20N4O3/c1-2-13(16-15(3-1)22-6-7-23-16)8-19-4-5-21-14(9-19)10-20-12-17-11-18-20/h1-3,11-12,14H,4-10H2/t14-/m0/s1. The van der Waals surface area contributed by atoms with Gasteiger partial charge in [-0.2, -0.15) is 5.10 Å². The lowest BCUT2D eigenvalue weighted by Gasteiger charge is -2.33. The van der Waals surface area contributed by atoms with Crippen molar-refractivity contribution in [3.05, 3.63) is 36.4 Å². The van der Waals surface area contributed by atoms with Crippen LogP contribution in [0.1, 0.15) is 5.56 Å². The third kappa shape index (κ3) is 3.30. The zero-order chi connectivity index (χ0) is 15.5. The number of nitrogens with zero attached hydrogens (tertiary/aromatic N) is 4. The summed E-state index contributed by atoms with van der Waals surface area (Å²) in [6.07, 6.45) is 3.40. The molecule has 122 valence electrons. The van der Waals surface area contributed by atoms with Crippen molar-refractivity contribution in [3.8, 4) is 11.5 Å². The van der Waals surface area contributed by atoms with Gasteiger partial charge in [-0.25, -0.2) is 4.98 Å². The molecule has 2 aliphatic rings. The molecule has 7 nitrogen and oxygen atoms in total. The van der Waals surface area contributed by atoms with Gasteiger partial charge in [-0.15, -0.1) is 0 Å². The van der Waals surface area contributed by atoms with Gasteiger partial charge in [-0.05, 0) is 6.07 Å². The first kappa shape index (κ1) is 14.5. The Morgan fingerprint density at radius 2 is 2.13 bits per heavy atom. The van der Waals surface area contributed by atoms with Crippen molar-refractivity contribution < 1.29 is 14.2 Å². The minimum absolute atomic E-state index is 0.127. The lowest BCUT2D eigenvalue weighted by Crippen LogP contribution is -2.43. The molecule has 1 fully saturated rings. The van der Waals surface area contributed by atoms with Crippen LogP contribution in [-0.4, -0.2) is 58.7 Å². The summed E-state index contributed by atoms with van der Waals surface area (Å²) in [5, 5.41) is 4.15. The van der Waals surface area contributed by atoms with E-state index in [9.17, 15) is 0 Å². The summed E-state index contributed by atoms with van der Waals surface area (Å²) in [7, 11) is 0. The number of hydrogen-bond donors (Lipinski definition) is 0. The van der Waals surface area contributed by atoms with Crippen LogP contribution < -0.4 is 9.47 Å². The van der Waals surface area contributed by atoms with Crippen LogP contribution in [0.4, 0.5) is 0 Å². The van der Waals surface area contributed by atoms with Gasteiger partial charge >= 0.3 is 0 Å². The quantitative estimate of drug-likeness (QED) is 0.837. The van der Waals surface area contributed by atoms with Crippen molar-refractivity contribution >= 4 is 0 Å². The van der Waals surface area contributed by atoms with Crippen molar-refractivity contribution in [3.63, 3.8) is 0 Å². The van der Waals surface area contributed by atoms with Gasteiger partial charge in [-0.3, -0.25) is 9.58 Å². The summed E-state index contributed by atoms with van der Waals surface area (Å²) in [6.45, 7) is 5.30. The van der Waals surface area contributed by atoms with E-state index in [4.69, 9.17) is 14.2 Å². The molecule has 0 radical (unpaired) electrons. The van der Waals surface area contributed by atoms with Gasteiger partial charge in [0, 0.05) is 25.2 Å². The summed E-state index contributed by atoms with van der Waals surface area (Å²) in [6, 6.07) is 6.09. The molecule has 0 N–H and O–H groups in total. The van der Waals surface area contributed by atoms with E-state index < -0.39 is 0 Å². The average Bonchev–Trinajstić information content (AvgIpc) is 3.09. The zero-order valence-corrected chi connectivity index (χ0v) is 12.9. The maximum Gasteiger partial charge on any atom is 0.165 e. The minimum atomic E-state index is 0.127. The minimum Gasteiger partial charge on any atom is -0.486 e. The van der Waals surface area contributed by atoms with Gasteiger partial charge in [0.15, 0.2) is 11.5 Å². The fourth-order valence-electron chi connectivity index (χ4n) is 3.07. The first-order valence-electron chi connectivity index (χ1n) is 7.92. The second-order valence-corrected chi connectivity index (χ2v) is 5.79. The zero-order valence-electron chi connectivity index (χ0n) is 12.9. The summed E-state index contributed by atoms with van der Waals surface area (Å²) < 4.78 is 19.1. The number of rotatable bonds is 4. The number of aromatic nitrogens is 3. The number of hydrogen-bond acceptors (Lipinski definition) is 6. The van der Waals surface area contributed by atoms with Crippen molar-refractivity contribution in [2.24, 2.45) is 0 Å². The molecule has 0 spiro atoms. The largest absolute Gasteiger partial charge is 0.486 e. The lowest BCUT2D eigenvalue weighted by atomic mass is 10.1. The highest BCUT2D eigenvalue weighted by Gasteiger charge is 2.23. The molecule has 1 atom stereocenters. The van der Waals surface area contributed by atoms with Gasteiger partial charge in [0.1, 0.15) is 25.9 Å². The van der Waals surface area contributed by atoms with E-state index in [1.807, 2.05) is 16.8 Å². The molecule has 2 aromatic rings. The predicted octanol–water partition coefficient (Wildman–Crippen LogP) is 0.950. The second kappa shape index (κ2) is 6.55. The number of morpholine rings is 1. The first-order valence-corrected chi connectivity index (χ1v) is 7.92. The molecule has 23 heavy (non-hydrogen) atoms. The average molecular weight is 316 g/mol. The summed E-state index contributed by atoms with van der Waals surface area (Å²) in [4.78, 5) is 6.36. The van der Waals surface area contributed by atoms with Gasteiger partial charge in [-0.1, -0.05) is 12.1 Å². The van der Waals surface area contributed by atoms with E-state index in [-0.39, 0.29) is 6.10 Å². The van der Waals surface area contributed by atoms with E-state index in [2.05, 4.69) is 21.0 Å². The highest BCUT2D eigenvalue weighted by Crippen LogP contribution is 2.34. The van der Waals surface area contributed by atoms with Crippen molar-refractivity contribution in [1.82, 2.24) is 19.7 Å². The number of fused-ring (bicyclic) bond motifs is 1. The Morgan fingerprint density at radius 1 is 1.17 bits per heavy atom. The molecule has 7 heteroatoms. The summed E-state index contributed by atoms with van der Waals surface area (Å²) >= 11 is 0.